The zero-order valence-electron chi connectivity index (χ0n) is 22.2. The summed E-state index contributed by atoms with van der Waals surface area (Å²) in [7, 11) is 1.46. The number of benzene rings is 1. The van der Waals surface area contributed by atoms with Crippen LogP contribution in [0.1, 0.15) is 31.7 Å². The van der Waals surface area contributed by atoms with Crippen LogP contribution in [0.4, 0.5) is 27.4 Å². The van der Waals surface area contributed by atoms with E-state index in [0.717, 1.165) is 0 Å². The summed E-state index contributed by atoms with van der Waals surface area (Å²) in [6.45, 7) is -1.08. The molecule has 0 atom stereocenters. The standard InChI is InChI=1S/C23H22FN9O3/c1-12-26-11-33(32-12)18-7-13-6-16(22(18)35-3)27-15-8-20(30-31-21(15)23(34)25-2)29-19-5-4-14(24)17(28-19)10-36-9-13/h4-8,11,27H,9-10H2,1-3H3,(H,25,34)(H,28,29,30)/i2D3. The molecular formula is C23H22FN9O3. The number of carbonyl (C=O) groups excluding carboxylic acids is 1. The van der Waals surface area contributed by atoms with Gasteiger partial charge in [-0.1, -0.05) is 0 Å². The van der Waals surface area contributed by atoms with Gasteiger partial charge in [-0.2, -0.15) is 5.10 Å². The summed E-state index contributed by atoms with van der Waals surface area (Å²) in [6.07, 6.45) is 1.51. The molecule has 184 valence electrons. The molecule has 13 heteroatoms. The van der Waals surface area contributed by atoms with Crippen molar-refractivity contribution in [1.29, 1.82) is 0 Å². The number of rotatable bonds is 3. The number of aromatic nitrogens is 6. The monoisotopic (exact) mass is 494 g/mol. The Morgan fingerprint density at radius 3 is 2.86 bits per heavy atom. The maximum Gasteiger partial charge on any atom is 0.273 e. The first-order chi connectivity index (χ1) is 18.6. The fourth-order valence-electron chi connectivity index (χ4n) is 3.67. The number of nitrogens with zero attached hydrogens (tertiary/aromatic N) is 6. The number of anilines is 4. The van der Waals surface area contributed by atoms with E-state index in [1.165, 1.54) is 36.3 Å². The van der Waals surface area contributed by atoms with Gasteiger partial charge in [0.15, 0.2) is 17.3 Å². The molecule has 3 N–H and O–H groups in total. The number of ether oxygens (including phenoxy) is 2. The van der Waals surface area contributed by atoms with Crippen LogP contribution in [0.5, 0.6) is 5.75 Å². The van der Waals surface area contributed by atoms with Crippen molar-refractivity contribution in [3.05, 3.63) is 65.3 Å². The van der Waals surface area contributed by atoms with Crippen molar-refractivity contribution in [2.75, 3.05) is 24.7 Å². The van der Waals surface area contributed by atoms with Gasteiger partial charge < -0.3 is 25.4 Å². The van der Waals surface area contributed by atoms with E-state index in [9.17, 15) is 9.18 Å². The number of amides is 1. The maximum atomic E-state index is 14.4. The molecule has 36 heavy (non-hydrogen) atoms. The van der Waals surface area contributed by atoms with Gasteiger partial charge in [-0.15, -0.1) is 10.2 Å². The van der Waals surface area contributed by atoms with E-state index in [4.69, 9.17) is 13.6 Å². The van der Waals surface area contributed by atoms with Gasteiger partial charge in [0.25, 0.3) is 5.91 Å². The lowest BCUT2D eigenvalue weighted by Gasteiger charge is -2.19. The molecule has 0 radical (unpaired) electrons. The first-order valence-corrected chi connectivity index (χ1v) is 10.7. The second-order valence-electron chi connectivity index (χ2n) is 7.75. The van der Waals surface area contributed by atoms with Crippen LogP contribution in [0.2, 0.25) is 0 Å². The SMILES string of the molecule is [2H]C([2H])([2H])NC(=O)c1nnc2cc1Nc1cc(cc(-n3cnc(C)n3)c1OC)COCc1nc(ccc1F)N2. The van der Waals surface area contributed by atoms with Gasteiger partial charge in [0.1, 0.15) is 35.2 Å². The quantitative estimate of drug-likeness (QED) is 0.389. The third-order valence-electron chi connectivity index (χ3n) is 5.26. The Balaban J connectivity index is 1.68. The van der Waals surface area contributed by atoms with Crippen molar-refractivity contribution >= 4 is 28.9 Å². The maximum absolute atomic E-state index is 14.4. The number of hydrogen-bond acceptors (Lipinski definition) is 10. The molecule has 1 aliphatic heterocycles. The fraction of sp³-hybridized carbons (Fsp3) is 0.217. The second-order valence-corrected chi connectivity index (χ2v) is 7.75. The van der Waals surface area contributed by atoms with Crippen molar-refractivity contribution < 1.29 is 22.8 Å². The molecule has 0 aliphatic carbocycles. The van der Waals surface area contributed by atoms with Gasteiger partial charge in [-0.05, 0) is 36.8 Å². The highest BCUT2D eigenvalue weighted by Crippen LogP contribution is 2.36. The predicted octanol–water partition coefficient (Wildman–Crippen LogP) is 2.79. The molecule has 0 unspecified atom stereocenters. The summed E-state index contributed by atoms with van der Waals surface area (Å²) < 4.78 is 49.7. The van der Waals surface area contributed by atoms with E-state index in [1.54, 1.807) is 19.1 Å². The molecule has 0 spiro atoms. The molecule has 3 aromatic heterocycles. The Morgan fingerprint density at radius 2 is 2.08 bits per heavy atom. The van der Waals surface area contributed by atoms with Crippen LogP contribution in [0.25, 0.3) is 5.69 Å². The first kappa shape index (κ1) is 19.6. The molecule has 1 amide bonds. The summed E-state index contributed by atoms with van der Waals surface area (Å²) in [4.78, 5) is 21.3. The van der Waals surface area contributed by atoms with Crippen LogP contribution in [0.15, 0.2) is 36.7 Å². The normalized spacial score (nSPS) is 14.2. The van der Waals surface area contributed by atoms with Crippen molar-refractivity contribution in [1.82, 2.24) is 35.3 Å². The number of methoxy groups -OCH3 is 1. The zero-order chi connectivity index (χ0) is 27.7. The van der Waals surface area contributed by atoms with Gasteiger partial charge in [0.05, 0.1) is 31.7 Å². The highest BCUT2D eigenvalue weighted by Gasteiger charge is 2.20. The summed E-state index contributed by atoms with van der Waals surface area (Å²) in [5.41, 5.74) is 1.39. The Hall–Kier alpha value is -4.65. The molecule has 0 saturated carbocycles. The highest BCUT2D eigenvalue weighted by molar-refractivity contribution is 5.98. The van der Waals surface area contributed by atoms with Crippen LogP contribution in [0, 0.1) is 12.7 Å². The zero-order valence-corrected chi connectivity index (χ0v) is 19.2. The van der Waals surface area contributed by atoms with Crippen LogP contribution in [-0.4, -0.2) is 49.9 Å². The third-order valence-corrected chi connectivity index (χ3v) is 5.26. The topological polar surface area (TPSA) is 141 Å². The number of hydrogen-bond donors (Lipinski definition) is 3. The average Bonchev–Trinajstić information content (AvgIpc) is 3.30. The lowest BCUT2D eigenvalue weighted by Crippen LogP contribution is -2.21. The number of nitrogens with one attached hydrogen (secondary N) is 3. The lowest BCUT2D eigenvalue weighted by molar-refractivity contribution is 0.0958. The second kappa shape index (κ2) is 9.54. The summed E-state index contributed by atoms with van der Waals surface area (Å²) in [6, 6.07) is 7.56. The van der Waals surface area contributed by atoms with E-state index >= 15 is 0 Å². The fourth-order valence-corrected chi connectivity index (χ4v) is 3.67. The van der Waals surface area contributed by atoms with E-state index in [0.29, 0.717) is 28.5 Å². The van der Waals surface area contributed by atoms with Crippen molar-refractivity contribution in [3.8, 4) is 11.4 Å². The van der Waals surface area contributed by atoms with E-state index in [2.05, 4.69) is 35.9 Å². The smallest absolute Gasteiger partial charge is 0.273 e. The van der Waals surface area contributed by atoms with Crippen molar-refractivity contribution in [2.24, 2.45) is 0 Å². The lowest BCUT2D eigenvalue weighted by atomic mass is 10.1. The van der Waals surface area contributed by atoms with Crippen molar-refractivity contribution in [3.63, 3.8) is 0 Å². The summed E-state index contributed by atoms with van der Waals surface area (Å²) in [5, 5.41) is 20.2. The summed E-state index contributed by atoms with van der Waals surface area (Å²) in [5.74, 6) is -0.269. The van der Waals surface area contributed by atoms with E-state index in [1.807, 2.05) is 5.32 Å². The molecule has 1 aliphatic rings. The molecule has 0 saturated heterocycles. The molecule has 4 heterocycles. The number of aryl methyl sites for hydroxylation is 1. The van der Waals surface area contributed by atoms with Crippen molar-refractivity contribution in [2.45, 2.75) is 20.1 Å². The minimum absolute atomic E-state index is 0.0599. The molecule has 6 bridgehead atoms. The van der Waals surface area contributed by atoms with Crippen LogP contribution < -0.4 is 20.7 Å². The Bertz CT molecular complexity index is 1560. The highest BCUT2D eigenvalue weighted by atomic mass is 19.1. The van der Waals surface area contributed by atoms with Crippen LogP contribution in [0.3, 0.4) is 0 Å². The van der Waals surface area contributed by atoms with Crippen LogP contribution >= 0.6 is 0 Å². The van der Waals surface area contributed by atoms with E-state index in [-0.39, 0.29) is 41.9 Å². The Labute approximate surface area is 209 Å². The molecule has 5 rings (SSSR count). The molecular weight excluding hydrogens is 469 g/mol. The molecule has 1 aromatic carbocycles. The van der Waals surface area contributed by atoms with Gasteiger partial charge in [0.2, 0.25) is 0 Å². The number of carbonyl (C=O) groups is 1. The predicted molar refractivity (Wildman–Crippen MR) is 127 cm³/mol. The third kappa shape index (κ3) is 4.51. The van der Waals surface area contributed by atoms with Gasteiger partial charge in [0, 0.05) is 17.2 Å². The minimum Gasteiger partial charge on any atom is -0.492 e. The van der Waals surface area contributed by atoms with Gasteiger partial charge in [-0.3, -0.25) is 4.79 Å². The van der Waals surface area contributed by atoms with Crippen LogP contribution in [-0.2, 0) is 18.0 Å². The van der Waals surface area contributed by atoms with E-state index < -0.39 is 18.7 Å². The number of halogens is 1. The molecule has 0 fully saturated rings. The minimum atomic E-state index is -2.76. The summed E-state index contributed by atoms with van der Waals surface area (Å²) >= 11 is 0. The Morgan fingerprint density at radius 1 is 1.19 bits per heavy atom. The number of fused-ring (bicyclic) bond motifs is 6. The Kier molecular flexibility index (Phi) is 5.20. The largest absolute Gasteiger partial charge is 0.492 e. The van der Waals surface area contributed by atoms with Gasteiger partial charge >= 0.3 is 0 Å². The van der Waals surface area contributed by atoms with Gasteiger partial charge in [-0.25, -0.2) is 19.0 Å². The first-order valence-electron chi connectivity index (χ1n) is 12.2. The number of pyridine rings is 1. The molecule has 12 nitrogen and oxygen atoms in total. The molecule has 4 aromatic rings. The average molecular weight is 495 g/mol.